The molecule has 0 bridgehead atoms. The van der Waals surface area contributed by atoms with Gasteiger partial charge in [0.1, 0.15) is 0 Å². The Kier molecular flexibility index (Phi) is 9.14. The van der Waals surface area contributed by atoms with Crippen LogP contribution in [0.15, 0.2) is 36.1 Å². The second kappa shape index (κ2) is 12.1. The number of hydrogen-bond donors (Lipinski definition) is 1. The van der Waals surface area contributed by atoms with Crippen molar-refractivity contribution in [1.82, 2.24) is 9.80 Å². The van der Waals surface area contributed by atoms with E-state index in [-0.39, 0.29) is 29.5 Å². The number of amides is 2. The van der Waals surface area contributed by atoms with Gasteiger partial charge in [-0.2, -0.15) is 17.6 Å². The van der Waals surface area contributed by atoms with Crippen molar-refractivity contribution in [3.8, 4) is 11.8 Å². The Morgan fingerprint density at radius 1 is 0.895 bits per heavy atom. The molecule has 0 aliphatic carbocycles. The molecule has 0 radical (unpaired) electrons. The van der Waals surface area contributed by atoms with Crippen molar-refractivity contribution in [2.75, 3.05) is 26.2 Å². The van der Waals surface area contributed by atoms with Crippen LogP contribution in [-0.4, -0.2) is 76.7 Å². The monoisotopic (exact) mass is 538 g/mol. The third-order valence-electron chi connectivity index (χ3n) is 5.95. The number of carboxylic acids is 1. The lowest BCUT2D eigenvalue weighted by atomic mass is 10.1. The van der Waals surface area contributed by atoms with E-state index in [4.69, 9.17) is 5.11 Å². The molecule has 1 aromatic rings. The molecule has 2 aliphatic heterocycles. The van der Waals surface area contributed by atoms with Gasteiger partial charge < -0.3 is 19.6 Å². The Bertz CT molecular complexity index is 1170. The largest absolute Gasteiger partial charge is 0.478 e. The second-order valence-electron chi connectivity index (χ2n) is 8.90. The van der Waals surface area contributed by atoms with Crippen molar-refractivity contribution < 1.29 is 46.6 Å². The van der Waals surface area contributed by atoms with Gasteiger partial charge in [-0.15, -0.1) is 11.8 Å². The number of benzene rings is 1. The molecular weight excluding hydrogens is 512 g/mol. The number of aromatic carboxylic acids is 1. The first-order valence-corrected chi connectivity index (χ1v) is 11.9. The Morgan fingerprint density at radius 3 is 2.24 bits per heavy atom. The van der Waals surface area contributed by atoms with E-state index in [1.54, 1.807) is 0 Å². The topological polar surface area (TPSA) is 104 Å². The number of hydrogen-bond acceptors (Lipinski definition) is 5. The van der Waals surface area contributed by atoms with E-state index in [0.29, 0.717) is 37.3 Å². The molecule has 12 heteroatoms. The van der Waals surface area contributed by atoms with E-state index >= 15 is 0 Å². The van der Waals surface area contributed by atoms with Gasteiger partial charge in [0.05, 0.1) is 18.5 Å². The zero-order valence-electron chi connectivity index (χ0n) is 20.4. The van der Waals surface area contributed by atoms with Gasteiger partial charge in [0.25, 0.3) is 11.8 Å². The van der Waals surface area contributed by atoms with Gasteiger partial charge in [-0.25, -0.2) is 4.79 Å². The molecule has 38 heavy (non-hydrogen) atoms. The fourth-order valence-corrected chi connectivity index (χ4v) is 3.92. The lowest BCUT2D eigenvalue weighted by molar-refractivity contribution is -0.148. The highest BCUT2D eigenvalue weighted by Crippen LogP contribution is 2.35. The molecule has 0 unspecified atom stereocenters. The van der Waals surface area contributed by atoms with Crippen LogP contribution in [-0.2, 0) is 14.3 Å². The molecule has 3 rings (SSSR count). The molecule has 1 aromatic carbocycles. The summed E-state index contributed by atoms with van der Waals surface area (Å²) < 4.78 is 63.5. The number of rotatable bonds is 6. The van der Waals surface area contributed by atoms with Crippen LogP contribution in [0.5, 0.6) is 0 Å². The molecule has 2 amide bonds. The lowest BCUT2D eigenvalue weighted by Crippen LogP contribution is -2.45. The van der Waals surface area contributed by atoms with E-state index in [9.17, 15) is 36.7 Å². The van der Waals surface area contributed by atoms with Gasteiger partial charge in [0.2, 0.25) is 5.91 Å². The summed E-state index contributed by atoms with van der Waals surface area (Å²) in [6.07, 6.45) is -0.418. The number of ether oxygens (including phenoxy) is 1. The number of halogens is 4. The third-order valence-corrected chi connectivity index (χ3v) is 5.95. The summed E-state index contributed by atoms with van der Waals surface area (Å²) in [6, 6.07) is 4.39. The number of esters is 1. The summed E-state index contributed by atoms with van der Waals surface area (Å²) in [5, 5.41) is 8.94. The summed E-state index contributed by atoms with van der Waals surface area (Å²) in [4.78, 5) is 50.3. The highest BCUT2D eigenvalue weighted by Gasteiger charge is 2.45. The van der Waals surface area contributed by atoms with Crippen molar-refractivity contribution in [3.05, 3.63) is 47.2 Å². The number of carbonyl (C=O) groups excluding carboxylic acids is 3. The van der Waals surface area contributed by atoms with Crippen molar-refractivity contribution in [1.29, 1.82) is 0 Å². The van der Waals surface area contributed by atoms with Crippen molar-refractivity contribution >= 4 is 23.8 Å². The van der Waals surface area contributed by atoms with Crippen LogP contribution in [0.3, 0.4) is 0 Å². The second-order valence-corrected chi connectivity index (χ2v) is 8.90. The molecule has 2 heterocycles. The third kappa shape index (κ3) is 7.81. The number of carboxylic acid groups (broad SMARTS) is 1. The van der Waals surface area contributed by atoms with Crippen molar-refractivity contribution in [3.63, 3.8) is 0 Å². The minimum atomic E-state index is -4.00. The Balaban J connectivity index is 1.65. The van der Waals surface area contributed by atoms with Gasteiger partial charge in [-0.3, -0.25) is 14.4 Å². The molecular formula is C26H26F4N2O6. The Labute approximate surface area is 216 Å². The lowest BCUT2D eigenvalue weighted by Gasteiger charge is -2.32. The zero-order chi connectivity index (χ0) is 27.9. The van der Waals surface area contributed by atoms with Crippen LogP contribution in [0.2, 0.25) is 0 Å². The summed E-state index contributed by atoms with van der Waals surface area (Å²) in [5.41, 5.74) is -0.291. The maximum Gasteiger partial charge on any atom is 0.335 e. The van der Waals surface area contributed by atoms with Gasteiger partial charge >= 0.3 is 17.9 Å². The first-order valence-electron chi connectivity index (χ1n) is 11.9. The summed E-state index contributed by atoms with van der Waals surface area (Å²) in [6.45, 7) is -1.24. The highest BCUT2D eigenvalue weighted by molar-refractivity contribution is 5.96. The summed E-state index contributed by atoms with van der Waals surface area (Å²) in [7, 11) is 0. The SMILES string of the molecule is O=C(CCC(=O)N1CCC#CCCC1)O/C1=C/C(F)(F)CN(C(=O)c2ccc(C(=O)O)cc2)CCC1(F)F. The predicted molar refractivity (Wildman–Crippen MR) is 125 cm³/mol. The van der Waals surface area contributed by atoms with Gasteiger partial charge in [-0.1, -0.05) is 0 Å². The van der Waals surface area contributed by atoms with Crippen LogP contribution in [0, 0.1) is 11.8 Å². The van der Waals surface area contributed by atoms with E-state index in [1.807, 2.05) is 0 Å². The maximum atomic E-state index is 14.8. The normalized spacial score (nSPS) is 20.3. The predicted octanol–water partition coefficient (Wildman–Crippen LogP) is 3.72. The smallest absolute Gasteiger partial charge is 0.335 e. The van der Waals surface area contributed by atoms with Crippen LogP contribution < -0.4 is 0 Å². The molecule has 0 saturated carbocycles. The number of allylic oxidation sites excluding steroid dienone is 1. The molecule has 0 fully saturated rings. The van der Waals surface area contributed by atoms with Crippen LogP contribution in [0.1, 0.15) is 59.2 Å². The molecule has 1 N–H and O–H groups in total. The average Bonchev–Trinajstić information content (AvgIpc) is 2.83. The standard InChI is InChI=1S/C26H26F4N2O6/c27-25(28)16-20(38-22(34)11-10-21(33)31-13-4-2-1-3-5-14-31)26(29,30)12-15-32(17-25)23(35)18-6-8-19(9-7-18)24(36)37/h6-9,16H,2,4-5,10-15,17H2,(H,36,37)/b20-16+. The zero-order valence-corrected chi connectivity index (χ0v) is 20.4. The molecule has 0 saturated heterocycles. The fraction of sp³-hybridized carbons (Fsp3) is 0.462. The number of carbonyl (C=O) groups is 4. The van der Waals surface area contributed by atoms with Crippen LogP contribution >= 0.6 is 0 Å². The van der Waals surface area contributed by atoms with Crippen LogP contribution in [0.4, 0.5) is 17.6 Å². The van der Waals surface area contributed by atoms with E-state index in [0.717, 1.165) is 24.3 Å². The Hall–Kier alpha value is -3.88. The maximum absolute atomic E-state index is 14.8. The quantitative estimate of drug-likeness (QED) is 0.336. The van der Waals surface area contributed by atoms with Crippen molar-refractivity contribution in [2.45, 2.75) is 50.4 Å². The molecule has 204 valence electrons. The Morgan fingerprint density at radius 2 is 1.55 bits per heavy atom. The van der Waals surface area contributed by atoms with E-state index in [1.165, 1.54) is 4.90 Å². The first-order chi connectivity index (χ1) is 17.9. The van der Waals surface area contributed by atoms with E-state index in [2.05, 4.69) is 16.6 Å². The number of alkyl halides is 4. The molecule has 0 spiro atoms. The average molecular weight is 538 g/mol. The molecule has 8 nitrogen and oxygen atoms in total. The molecule has 2 aliphatic rings. The minimum Gasteiger partial charge on any atom is -0.478 e. The summed E-state index contributed by atoms with van der Waals surface area (Å²) in [5.74, 6) is -7.54. The summed E-state index contributed by atoms with van der Waals surface area (Å²) >= 11 is 0. The van der Waals surface area contributed by atoms with Gasteiger partial charge in [0, 0.05) is 57.0 Å². The fourth-order valence-electron chi connectivity index (χ4n) is 3.92. The van der Waals surface area contributed by atoms with Crippen LogP contribution in [0.25, 0.3) is 0 Å². The molecule has 0 atom stereocenters. The van der Waals surface area contributed by atoms with Crippen molar-refractivity contribution in [2.24, 2.45) is 0 Å². The van der Waals surface area contributed by atoms with Gasteiger partial charge in [-0.05, 0) is 30.7 Å². The number of nitrogens with zero attached hydrogens (tertiary/aromatic N) is 2. The van der Waals surface area contributed by atoms with Gasteiger partial charge in [0.15, 0.2) is 5.76 Å². The molecule has 0 aromatic heterocycles. The highest BCUT2D eigenvalue weighted by atomic mass is 19.3. The minimum absolute atomic E-state index is 0.140. The first kappa shape index (κ1) is 28.7. The van der Waals surface area contributed by atoms with E-state index < -0.39 is 61.4 Å².